The van der Waals surface area contributed by atoms with Crippen LogP contribution in [0.25, 0.3) is 11.5 Å². The Morgan fingerprint density at radius 2 is 2.07 bits per heavy atom. The predicted octanol–water partition coefficient (Wildman–Crippen LogP) is 0.225. The molecule has 2 aromatic heterocycles. The van der Waals surface area contributed by atoms with E-state index in [-0.39, 0.29) is 11.7 Å². The van der Waals surface area contributed by atoms with Crippen LogP contribution in [0.1, 0.15) is 10.6 Å². The normalized spacial score (nSPS) is 10.0. The first-order valence-corrected chi connectivity index (χ1v) is 3.60. The molecule has 70 valence electrons. The average molecular weight is 192 g/mol. The number of aromatic carboxylic acids is 1. The number of carboxylic acids is 1. The zero-order chi connectivity index (χ0) is 9.97. The maximum absolute atomic E-state index is 10.4. The van der Waals surface area contributed by atoms with Crippen molar-refractivity contribution in [1.29, 1.82) is 0 Å². The van der Waals surface area contributed by atoms with Crippen LogP contribution >= 0.6 is 0 Å². The second kappa shape index (κ2) is 3.21. The highest BCUT2D eigenvalue weighted by atomic mass is 16.5. The van der Waals surface area contributed by atoms with Crippen molar-refractivity contribution in [2.24, 2.45) is 0 Å². The summed E-state index contributed by atoms with van der Waals surface area (Å²) in [5, 5.41) is 11.8. The molecule has 2 aromatic rings. The highest BCUT2D eigenvalue weighted by Crippen LogP contribution is 2.13. The van der Waals surface area contributed by atoms with Gasteiger partial charge in [-0.2, -0.15) is 4.98 Å². The molecule has 0 amide bonds. The Morgan fingerprint density at radius 1 is 1.36 bits per heavy atom. The van der Waals surface area contributed by atoms with Crippen LogP contribution in [0.2, 0.25) is 0 Å². The molecule has 0 spiro atoms. The van der Waals surface area contributed by atoms with Gasteiger partial charge in [-0.15, -0.1) is 0 Å². The third-order valence-corrected chi connectivity index (χ3v) is 1.42. The van der Waals surface area contributed by atoms with E-state index in [2.05, 4.69) is 20.1 Å². The highest BCUT2D eigenvalue weighted by Gasteiger charge is 2.13. The van der Waals surface area contributed by atoms with E-state index in [4.69, 9.17) is 9.63 Å². The van der Waals surface area contributed by atoms with Crippen LogP contribution in [-0.2, 0) is 0 Å². The lowest BCUT2D eigenvalue weighted by atomic mass is 10.3. The first-order chi connectivity index (χ1) is 6.77. The lowest BCUT2D eigenvalue weighted by molar-refractivity contribution is 0.0680. The molecule has 0 aliphatic carbocycles. The molecule has 0 aliphatic heterocycles. The van der Waals surface area contributed by atoms with E-state index in [1.807, 2.05) is 0 Å². The molecule has 0 aromatic carbocycles. The van der Waals surface area contributed by atoms with Gasteiger partial charge in [0.15, 0.2) is 0 Å². The van der Waals surface area contributed by atoms with Crippen molar-refractivity contribution >= 4 is 5.97 Å². The van der Waals surface area contributed by atoms with Crippen LogP contribution in [0.5, 0.6) is 0 Å². The minimum absolute atomic E-state index is 0.0861. The lowest BCUT2D eigenvalue weighted by Gasteiger charge is -1.88. The van der Waals surface area contributed by atoms with E-state index < -0.39 is 5.97 Å². The fourth-order valence-corrected chi connectivity index (χ4v) is 0.837. The zero-order valence-electron chi connectivity index (χ0n) is 6.78. The van der Waals surface area contributed by atoms with Gasteiger partial charge < -0.3 is 9.63 Å². The largest absolute Gasteiger partial charge is 0.475 e. The second-order valence-corrected chi connectivity index (χ2v) is 2.36. The quantitative estimate of drug-likeness (QED) is 0.726. The number of hydrogen-bond donors (Lipinski definition) is 1. The van der Waals surface area contributed by atoms with Crippen molar-refractivity contribution in [2.45, 2.75) is 0 Å². The van der Waals surface area contributed by atoms with Crippen molar-refractivity contribution in [2.75, 3.05) is 0 Å². The molecular weight excluding hydrogens is 188 g/mol. The lowest BCUT2D eigenvalue weighted by Crippen LogP contribution is -1.98. The standard InChI is InChI=1S/C7H4N4O3/c12-7(13)5-10-6(14-11-5)4-1-8-3-9-2-4/h1-3H,(H,12,13). The summed E-state index contributed by atoms with van der Waals surface area (Å²) in [6.07, 6.45) is 4.25. The van der Waals surface area contributed by atoms with E-state index in [0.717, 1.165) is 0 Å². The van der Waals surface area contributed by atoms with Gasteiger partial charge in [-0.3, -0.25) is 0 Å². The monoisotopic (exact) mass is 192 g/mol. The molecule has 7 nitrogen and oxygen atoms in total. The van der Waals surface area contributed by atoms with Gasteiger partial charge >= 0.3 is 5.97 Å². The molecular formula is C7H4N4O3. The molecule has 0 saturated carbocycles. The van der Waals surface area contributed by atoms with Crippen molar-refractivity contribution in [1.82, 2.24) is 20.1 Å². The molecule has 0 bridgehead atoms. The molecule has 2 heterocycles. The third-order valence-electron chi connectivity index (χ3n) is 1.42. The molecule has 14 heavy (non-hydrogen) atoms. The number of carbonyl (C=O) groups is 1. The van der Waals surface area contributed by atoms with E-state index in [9.17, 15) is 4.79 Å². The summed E-state index contributed by atoms with van der Waals surface area (Å²) in [6.45, 7) is 0. The van der Waals surface area contributed by atoms with E-state index in [1.54, 1.807) is 0 Å². The molecule has 1 N–H and O–H groups in total. The van der Waals surface area contributed by atoms with Crippen LogP contribution in [0.15, 0.2) is 23.2 Å². The van der Waals surface area contributed by atoms with Crippen LogP contribution in [0.4, 0.5) is 0 Å². The summed E-state index contributed by atoms with van der Waals surface area (Å²) in [7, 11) is 0. The van der Waals surface area contributed by atoms with Crippen LogP contribution in [0.3, 0.4) is 0 Å². The average Bonchev–Trinajstić information content (AvgIpc) is 2.68. The first-order valence-electron chi connectivity index (χ1n) is 3.60. The minimum atomic E-state index is -1.24. The van der Waals surface area contributed by atoms with Gasteiger partial charge in [0.25, 0.3) is 11.7 Å². The summed E-state index contributed by atoms with van der Waals surface area (Å²) in [5.41, 5.74) is 0.479. The Kier molecular flexibility index (Phi) is 1.90. The molecule has 0 aliphatic rings. The third kappa shape index (κ3) is 1.42. The molecule has 0 fully saturated rings. The second-order valence-electron chi connectivity index (χ2n) is 2.36. The molecule has 0 radical (unpaired) electrons. The van der Waals surface area contributed by atoms with E-state index >= 15 is 0 Å². The number of aromatic nitrogens is 4. The number of nitrogens with zero attached hydrogens (tertiary/aromatic N) is 4. The highest BCUT2D eigenvalue weighted by molar-refractivity contribution is 5.83. The Labute approximate surface area is 77.4 Å². The molecule has 0 saturated heterocycles. The van der Waals surface area contributed by atoms with Crippen molar-refractivity contribution in [3.63, 3.8) is 0 Å². The van der Waals surface area contributed by atoms with E-state index in [1.165, 1.54) is 18.7 Å². The first kappa shape index (κ1) is 8.30. The smallest absolute Gasteiger partial charge is 0.377 e. The summed E-state index contributed by atoms with van der Waals surface area (Å²) in [5.74, 6) is -1.54. The minimum Gasteiger partial charge on any atom is -0.475 e. The number of hydrogen-bond acceptors (Lipinski definition) is 6. The fraction of sp³-hybridized carbons (Fsp3) is 0. The van der Waals surface area contributed by atoms with Crippen molar-refractivity contribution in [3.05, 3.63) is 24.5 Å². The van der Waals surface area contributed by atoms with Crippen molar-refractivity contribution in [3.8, 4) is 11.5 Å². The van der Waals surface area contributed by atoms with Gasteiger partial charge in [-0.05, 0) is 5.16 Å². The van der Waals surface area contributed by atoms with Gasteiger partial charge in [-0.1, -0.05) is 0 Å². The summed E-state index contributed by atoms with van der Waals surface area (Å²) >= 11 is 0. The Morgan fingerprint density at radius 3 is 2.64 bits per heavy atom. The number of carboxylic acid groups (broad SMARTS) is 1. The Hall–Kier alpha value is -2.31. The molecule has 0 atom stereocenters. The van der Waals surface area contributed by atoms with Gasteiger partial charge in [0.05, 0.1) is 5.56 Å². The maximum atomic E-state index is 10.4. The van der Waals surface area contributed by atoms with Crippen LogP contribution in [0, 0.1) is 0 Å². The summed E-state index contributed by atoms with van der Waals surface area (Å²) in [6, 6.07) is 0. The topological polar surface area (TPSA) is 102 Å². The van der Waals surface area contributed by atoms with Gasteiger partial charge in [-0.25, -0.2) is 14.8 Å². The Balaban J connectivity index is 2.39. The van der Waals surface area contributed by atoms with Gasteiger partial charge in [0, 0.05) is 12.4 Å². The van der Waals surface area contributed by atoms with Crippen LogP contribution in [-0.4, -0.2) is 31.2 Å². The van der Waals surface area contributed by atoms with Crippen LogP contribution < -0.4 is 0 Å². The van der Waals surface area contributed by atoms with Gasteiger partial charge in [0.1, 0.15) is 6.33 Å². The van der Waals surface area contributed by atoms with Gasteiger partial charge in [0.2, 0.25) is 0 Å². The summed E-state index contributed by atoms with van der Waals surface area (Å²) in [4.78, 5) is 21.5. The molecule has 2 rings (SSSR count). The fourth-order valence-electron chi connectivity index (χ4n) is 0.837. The van der Waals surface area contributed by atoms with Crippen molar-refractivity contribution < 1.29 is 14.4 Å². The van der Waals surface area contributed by atoms with E-state index in [0.29, 0.717) is 5.56 Å². The molecule has 7 heteroatoms. The zero-order valence-corrected chi connectivity index (χ0v) is 6.78. The maximum Gasteiger partial charge on any atom is 0.377 e. The molecule has 0 unspecified atom stereocenters. The number of rotatable bonds is 2. The Bertz CT molecular complexity index is 453. The SMILES string of the molecule is O=C(O)c1noc(-c2cncnc2)n1. The summed E-state index contributed by atoms with van der Waals surface area (Å²) < 4.78 is 4.69. The predicted molar refractivity (Wildman–Crippen MR) is 42.3 cm³/mol.